The fraction of sp³-hybridized carbons (Fsp3) is 0.320. The van der Waals surface area contributed by atoms with Gasteiger partial charge in [0.15, 0.2) is 0 Å². The molecule has 0 radical (unpaired) electrons. The first-order valence-corrected chi connectivity index (χ1v) is 10.7. The lowest BCUT2D eigenvalue weighted by atomic mass is 9.95. The molecule has 3 rings (SSSR count). The standard InChI is InChI=1S/C25H28N2O6/c1-5-32-19-10-8-18(9-11-19)23(29)21-22(17-6-12-20(13-7-17)33-16(2)28)27(15-14-26(3)4)25(31)24(21)30/h6-13,22,29H,5,14-15H2,1-4H3/b23-21-. The summed E-state index contributed by atoms with van der Waals surface area (Å²) in [6.45, 7) is 4.52. The molecule has 1 saturated heterocycles. The zero-order chi connectivity index (χ0) is 24.1. The van der Waals surface area contributed by atoms with E-state index in [4.69, 9.17) is 9.47 Å². The van der Waals surface area contributed by atoms with Crippen molar-refractivity contribution in [2.24, 2.45) is 0 Å². The normalized spacial score (nSPS) is 17.5. The predicted octanol–water partition coefficient (Wildman–Crippen LogP) is 2.99. The molecule has 1 fully saturated rings. The molecule has 0 aliphatic carbocycles. The Morgan fingerprint density at radius 2 is 1.64 bits per heavy atom. The third-order valence-corrected chi connectivity index (χ3v) is 5.22. The third kappa shape index (κ3) is 5.40. The van der Waals surface area contributed by atoms with Crippen molar-refractivity contribution in [2.75, 3.05) is 33.8 Å². The van der Waals surface area contributed by atoms with E-state index in [-0.39, 0.29) is 11.3 Å². The van der Waals surface area contributed by atoms with E-state index in [1.54, 1.807) is 48.5 Å². The molecular weight excluding hydrogens is 424 g/mol. The van der Waals surface area contributed by atoms with Crippen molar-refractivity contribution in [2.45, 2.75) is 19.9 Å². The lowest BCUT2D eigenvalue weighted by molar-refractivity contribution is -0.140. The van der Waals surface area contributed by atoms with Gasteiger partial charge in [0.05, 0.1) is 18.2 Å². The molecule has 2 aromatic carbocycles. The maximum Gasteiger partial charge on any atom is 0.308 e. The summed E-state index contributed by atoms with van der Waals surface area (Å²) in [6, 6.07) is 12.5. The number of rotatable bonds is 8. The largest absolute Gasteiger partial charge is 0.507 e. The highest BCUT2D eigenvalue weighted by Crippen LogP contribution is 2.39. The van der Waals surface area contributed by atoms with Crippen molar-refractivity contribution in [3.05, 3.63) is 65.2 Å². The van der Waals surface area contributed by atoms with Gasteiger partial charge in [-0.15, -0.1) is 0 Å². The number of hydrogen-bond acceptors (Lipinski definition) is 7. The summed E-state index contributed by atoms with van der Waals surface area (Å²) >= 11 is 0. The molecule has 8 nitrogen and oxygen atoms in total. The molecule has 1 aliphatic heterocycles. The summed E-state index contributed by atoms with van der Waals surface area (Å²) in [6.07, 6.45) is 0. The number of carbonyl (C=O) groups excluding carboxylic acids is 3. The molecule has 1 unspecified atom stereocenters. The van der Waals surface area contributed by atoms with E-state index in [9.17, 15) is 19.5 Å². The van der Waals surface area contributed by atoms with Gasteiger partial charge < -0.3 is 24.4 Å². The minimum atomic E-state index is -0.775. The van der Waals surface area contributed by atoms with E-state index in [1.165, 1.54) is 11.8 Å². The first-order valence-electron chi connectivity index (χ1n) is 10.7. The third-order valence-electron chi connectivity index (χ3n) is 5.22. The van der Waals surface area contributed by atoms with Gasteiger partial charge in [-0.3, -0.25) is 14.4 Å². The minimum Gasteiger partial charge on any atom is -0.507 e. The van der Waals surface area contributed by atoms with E-state index >= 15 is 0 Å². The number of carbonyl (C=O) groups is 3. The summed E-state index contributed by atoms with van der Waals surface area (Å²) in [7, 11) is 3.75. The van der Waals surface area contributed by atoms with E-state index in [2.05, 4.69) is 0 Å². The predicted molar refractivity (Wildman–Crippen MR) is 123 cm³/mol. The molecule has 174 valence electrons. The van der Waals surface area contributed by atoms with Crippen LogP contribution in [0.4, 0.5) is 0 Å². The second-order valence-electron chi connectivity index (χ2n) is 7.92. The van der Waals surface area contributed by atoms with Gasteiger partial charge in [-0.1, -0.05) is 12.1 Å². The number of ketones is 1. The number of esters is 1. The zero-order valence-electron chi connectivity index (χ0n) is 19.2. The Morgan fingerprint density at radius 1 is 1.03 bits per heavy atom. The van der Waals surface area contributed by atoms with E-state index in [1.807, 2.05) is 25.9 Å². The number of nitrogens with zero attached hydrogens (tertiary/aromatic N) is 2. The van der Waals surface area contributed by atoms with Gasteiger partial charge in [-0.2, -0.15) is 0 Å². The highest BCUT2D eigenvalue weighted by atomic mass is 16.5. The van der Waals surface area contributed by atoms with Gasteiger partial charge in [0.1, 0.15) is 17.3 Å². The summed E-state index contributed by atoms with van der Waals surface area (Å²) in [5.41, 5.74) is 1.05. The van der Waals surface area contributed by atoms with Crippen LogP contribution in [0.1, 0.15) is 31.0 Å². The first-order chi connectivity index (χ1) is 15.7. The first kappa shape index (κ1) is 24.0. The molecule has 1 N–H and O–H groups in total. The lowest BCUT2D eigenvalue weighted by Gasteiger charge is -2.26. The summed E-state index contributed by atoms with van der Waals surface area (Å²) < 4.78 is 10.5. The molecule has 33 heavy (non-hydrogen) atoms. The Balaban J connectivity index is 2.06. The van der Waals surface area contributed by atoms with Gasteiger partial charge in [0.25, 0.3) is 11.7 Å². The second kappa shape index (κ2) is 10.3. The summed E-state index contributed by atoms with van der Waals surface area (Å²) in [5, 5.41) is 11.1. The molecule has 8 heteroatoms. The molecule has 0 spiro atoms. The van der Waals surface area contributed by atoms with Crippen LogP contribution in [0, 0.1) is 0 Å². The number of aliphatic hydroxyl groups is 1. The number of amides is 1. The van der Waals surface area contributed by atoms with Crippen LogP contribution in [0.25, 0.3) is 5.76 Å². The van der Waals surface area contributed by atoms with Gasteiger partial charge in [-0.05, 0) is 63.0 Å². The molecule has 1 heterocycles. The fourth-order valence-corrected chi connectivity index (χ4v) is 3.68. The molecule has 0 bridgehead atoms. The molecular formula is C25H28N2O6. The average Bonchev–Trinajstić information content (AvgIpc) is 3.03. The maximum atomic E-state index is 13.0. The monoisotopic (exact) mass is 452 g/mol. The molecule has 0 saturated carbocycles. The highest BCUT2D eigenvalue weighted by molar-refractivity contribution is 6.46. The molecule has 1 atom stereocenters. The second-order valence-corrected chi connectivity index (χ2v) is 7.92. The Labute approximate surface area is 193 Å². The number of benzene rings is 2. The van der Waals surface area contributed by atoms with Crippen molar-refractivity contribution >= 4 is 23.4 Å². The quantitative estimate of drug-likeness (QED) is 0.216. The number of aliphatic hydroxyl groups excluding tert-OH is 1. The van der Waals surface area contributed by atoms with Crippen LogP contribution in [0.3, 0.4) is 0 Å². The minimum absolute atomic E-state index is 0.0168. The number of ether oxygens (including phenoxy) is 2. The topological polar surface area (TPSA) is 96.4 Å². The van der Waals surface area contributed by atoms with Crippen LogP contribution < -0.4 is 9.47 Å². The van der Waals surface area contributed by atoms with Crippen molar-refractivity contribution in [1.29, 1.82) is 0 Å². The van der Waals surface area contributed by atoms with Crippen LogP contribution in [0.5, 0.6) is 11.5 Å². The molecule has 0 aromatic heterocycles. The molecule has 1 aliphatic rings. The van der Waals surface area contributed by atoms with Gasteiger partial charge in [0, 0.05) is 25.6 Å². The van der Waals surface area contributed by atoms with Gasteiger partial charge in [0.2, 0.25) is 0 Å². The van der Waals surface area contributed by atoms with E-state index < -0.39 is 23.7 Å². The highest BCUT2D eigenvalue weighted by Gasteiger charge is 2.45. The summed E-state index contributed by atoms with van der Waals surface area (Å²) in [5.74, 6) is -1.12. The Morgan fingerprint density at radius 3 is 2.18 bits per heavy atom. The van der Waals surface area contributed by atoms with Crippen LogP contribution in [0.15, 0.2) is 54.1 Å². The lowest BCUT2D eigenvalue weighted by Crippen LogP contribution is -2.35. The van der Waals surface area contributed by atoms with E-state index in [0.717, 1.165) is 0 Å². The zero-order valence-corrected chi connectivity index (χ0v) is 19.2. The fourth-order valence-electron chi connectivity index (χ4n) is 3.68. The van der Waals surface area contributed by atoms with Crippen molar-refractivity contribution in [1.82, 2.24) is 9.80 Å². The number of likely N-dealkylation sites (tertiary alicyclic amines) is 1. The number of hydrogen-bond donors (Lipinski definition) is 1. The summed E-state index contributed by atoms with van der Waals surface area (Å²) in [4.78, 5) is 40.5. The van der Waals surface area contributed by atoms with Gasteiger partial charge in [-0.25, -0.2) is 0 Å². The van der Waals surface area contributed by atoms with Crippen LogP contribution in [0.2, 0.25) is 0 Å². The number of Topliss-reactive ketones (excluding diaryl/α,β-unsaturated/α-hetero) is 1. The number of likely N-dealkylation sites (N-methyl/N-ethyl adjacent to an activating group) is 1. The van der Waals surface area contributed by atoms with Crippen LogP contribution in [-0.2, 0) is 14.4 Å². The SMILES string of the molecule is CCOc1ccc(/C(O)=C2/C(=O)C(=O)N(CCN(C)C)C2c2ccc(OC(C)=O)cc2)cc1. The van der Waals surface area contributed by atoms with Crippen molar-refractivity contribution in [3.8, 4) is 11.5 Å². The van der Waals surface area contributed by atoms with E-state index in [0.29, 0.717) is 42.3 Å². The van der Waals surface area contributed by atoms with Crippen LogP contribution in [-0.4, -0.2) is 66.4 Å². The molecule has 1 amide bonds. The van der Waals surface area contributed by atoms with Gasteiger partial charge >= 0.3 is 5.97 Å². The van der Waals surface area contributed by atoms with Crippen molar-refractivity contribution < 1.29 is 29.0 Å². The van der Waals surface area contributed by atoms with Crippen LogP contribution >= 0.6 is 0 Å². The maximum absolute atomic E-state index is 13.0. The smallest absolute Gasteiger partial charge is 0.308 e. The molecule has 2 aromatic rings. The Kier molecular flexibility index (Phi) is 7.50. The van der Waals surface area contributed by atoms with Crippen molar-refractivity contribution in [3.63, 3.8) is 0 Å². The Bertz CT molecular complexity index is 1060. The Hall–Kier alpha value is -3.65. The average molecular weight is 453 g/mol.